The molecule has 0 radical (unpaired) electrons. The summed E-state index contributed by atoms with van der Waals surface area (Å²) in [4.78, 5) is 8.57. The van der Waals surface area contributed by atoms with Crippen molar-refractivity contribution in [1.82, 2.24) is 9.97 Å². The highest BCUT2D eigenvalue weighted by Gasteiger charge is 2.08. The van der Waals surface area contributed by atoms with Crippen LogP contribution in [0.1, 0.15) is 17.0 Å². The zero-order chi connectivity index (χ0) is 16.9. The van der Waals surface area contributed by atoms with Crippen molar-refractivity contribution >= 4 is 12.0 Å². The van der Waals surface area contributed by atoms with E-state index in [1.165, 1.54) is 11.6 Å². The summed E-state index contributed by atoms with van der Waals surface area (Å²) >= 11 is 0. The van der Waals surface area contributed by atoms with Crippen molar-refractivity contribution in [3.8, 4) is 11.3 Å². The van der Waals surface area contributed by atoms with Gasteiger partial charge in [-0.05, 0) is 31.5 Å². The summed E-state index contributed by atoms with van der Waals surface area (Å²) in [7, 11) is 0. The van der Waals surface area contributed by atoms with Crippen molar-refractivity contribution in [2.75, 3.05) is 5.43 Å². The number of hydrogen-bond acceptors (Lipinski definition) is 4. The van der Waals surface area contributed by atoms with Crippen molar-refractivity contribution in [2.24, 2.45) is 5.10 Å². The summed E-state index contributed by atoms with van der Waals surface area (Å²) in [5.41, 5.74) is 6.01. The van der Waals surface area contributed by atoms with E-state index in [1.807, 2.05) is 31.2 Å². The summed E-state index contributed by atoms with van der Waals surface area (Å²) in [6.45, 7) is 3.80. The molecule has 3 rings (SSSR count). The normalized spacial score (nSPS) is 11.0. The van der Waals surface area contributed by atoms with Crippen molar-refractivity contribution in [1.29, 1.82) is 0 Å². The van der Waals surface area contributed by atoms with E-state index < -0.39 is 0 Å². The molecular weight excluding hydrogens is 303 g/mol. The Bertz CT molecular complexity index is 873. The lowest BCUT2D eigenvalue weighted by molar-refractivity contribution is 0.630. The molecule has 1 heterocycles. The number of hydrogen-bond donors (Lipinski definition) is 1. The van der Waals surface area contributed by atoms with Gasteiger partial charge in [0.1, 0.15) is 17.5 Å². The molecule has 0 atom stereocenters. The van der Waals surface area contributed by atoms with Crippen LogP contribution >= 0.6 is 0 Å². The molecule has 0 fully saturated rings. The van der Waals surface area contributed by atoms with Gasteiger partial charge in [0.2, 0.25) is 0 Å². The topological polar surface area (TPSA) is 50.2 Å². The van der Waals surface area contributed by atoms with Gasteiger partial charge in [-0.1, -0.05) is 42.0 Å². The third-order valence-electron chi connectivity index (χ3n) is 3.46. The number of benzene rings is 2. The van der Waals surface area contributed by atoms with Crippen LogP contribution in [0.3, 0.4) is 0 Å². The fourth-order valence-corrected chi connectivity index (χ4v) is 2.26. The van der Waals surface area contributed by atoms with Crippen molar-refractivity contribution in [3.63, 3.8) is 0 Å². The van der Waals surface area contributed by atoms with Crippen LogP contribution in [-0.2, 0) is 0 Å². The first-order chi connectivity index (χ1) is 11.6. The van der Waals surface area contributed by atoms with E-state index in [2.05, 4.69) is 20.5 Å². The van der Waals surface area contributed by atoms with Crippen molar-refractivity contribution in [2.45, 2.75) is 13.8 Å². The smallest absolute Gasteiger partial charge is 0.150 e. The predicted octanol–water partition coefficient (Wildman–Crippen LogP) is 4.35. The van der Waals surface area contributed by atoms with Gasteiger partial charge in [0.25, 0.3) is 0 Å². The molecule has 24 heavy (non-hydrogen) atoms. The van der Waals surface area contributed by atoms with Crippen LogP contribution in [0.25, 0.3) is 11.3 Å². The van der Waals surface area contributed by atoms with Crippen molar-refractivity contribution < 1.29 is 4.39 Å². The number of nitrogens with one attached hydrogen (secondary N) is 1. The molecule has 0 saturated heterocycles. The van der Waals surface area contributed by atoms with Crippen LogP contribution in [0, 0.1) is 19.7 Å². The van der Waals surface area contributed by atoms with E-state index in [1.54, 1.807) is 37.4 Å². The monoisotopic (exact) mass is 320 g/mol. The quantitative estimate of drug-likeness (QED) is 0.574. The number of aromatic nitrogens is 2. The lowest BCUT2D eigenvalue weighted by atomic mass is 10.1. The van der Waals surface area contributed by atoms with Gasteiger partial charge in [-0.25, -0.2) is 14.4 Å². The Morgan fingerprint density at radius 1 is 1.00 bits per heavy atom. The number of anilines is 1. The minimum atomic E-state index is -0.315. The number of halogens is 1. The van der Waals surface area contributed by atoms with E-state index in [-0.39, 0.29) is 5.82 Å². The lowest BCUT2D eigenvalue weighted by Crippen LogP contribution is -1.99. The van der Waals surface area contributed by atoms with Crippen LogP contribution in [0.15, 0.2) is 59.7 Å². The van der Waals surface area contributed by atoms with E-state index in [0.717, 1.165) is 5.56 Å². The molecule has 0 aliphatic rings. The molecule has 0 bridgehead atoms. The second kappa shape index (κ2) is 7.00. The minimum absolute atomic E-state index is 0.315. The van der Waals surface area contributed by atoms with E-state index in [9.17, 15) is 4.39 Å². The molecule has 0 aliphatic heterocycles. The summed E-state index contributed by atoms with van der Waals surface area (Å²) in [5, 5.41) is 4.18. The summed E-state index contributed by atoms with van der Waals surface area (Å²) < 4.78 is 13.9. The summed E-state index contributed by atoms with van der Waals surface area (Å²) in [5.74, 6) is 0.748. The van der Waals surface area contributed by atoms with Gasteiger partial charge < -0.3 is 0 Å². The fraction of sp³-hybridized carbons (Fsp3) is 0.105. The molecule has 0 amide bonds. The van der Waals surface area contributed by atoms with E-state index in [4.69, 9.17) is 0 Å². The van der Waals surface area contributed by atoms with E-state index in [0.29, 0.717) is 22.9 Å². The van der Waals surface area contributed by atoms with Gasteiger partial charge in [0, 0.05) is 11.6 Å². The average molecular weight is 320 g/mol. The average Bonchev–Trinajstić information content (AvgIpc) is 2.57. The van der Waals surface area contributed by atoms with Gasteiger partial charge in [-0.2, -0.15) is 5.10 Å². The van der Waals surface area contributed by atoms with Gasteiger partial charge in [-0.3, -0.25) is 5.43 Å². The zero-order valence-electron chi connectivity index (χ0n) is 13.5. The maximum absolute atomic E-state index is 13.9. The number of rotatable bonds is 4. The fourth-order valence-electron chi connectivity index (χ4n) is 2.26. The van der Waals surface area contributed by atoms with Gasteiger partial charge in [0.15, 0.2) is 0 Å². The molecule has 0 saturated carbocycles. The maximum Gasteiger partial charge on any atom is 0.150 e. The molecule has 0 aliphatic carbocycles. The maximum atomic E-state index is 13.9. The highest BCUT2D eigenvalue weighted by atomic mass is 19.1. The largest absolute Gasteiger partial charge is 0.261 e. The number of hydrazone groups is 1. The Morgan fingerprint density at radius 2 is 1.75 bits per heavy atom. The Balaban J connectivity index is 1.81. The third-order valence-corrected chi connectivity index (χ3v) is 3.46. The van der Waals surface area contributed by atoms with E-state index >= 15 is 0 Å². The first kappa shape index (κ1) is 15.8. The predicted molar refractivity (Wildman–Crippen MR) is 94.6 cm³/mol. The molecule has 4 nitrogen and oxygen atoms in total. The van der Waals surface area contributed by atoms with Crippen LogP contribution in [0.4, 0.5) is 10.2 Å². The van der Waals surface area contributed by atoms with Gasteiger partial charge in [-0.15, -0.1) is 0 Å². The summed E-state index contributed by atoms with van der Waals surface area (Å²) in [6.07, 6.45) is 1.71. The first-order valence-corrected chi connectivity index (χ1v) is 7.58. The molecule has 1 N–H and O–H groups in total. The molecule has 3 aromatic rings. The summed E-state index contributed by atoms with van der Waals surface area (Å²) in [6, 6.07) is 16.2. The molecule has 2 aromatic carbocycles. The second-order valence-corrected chi connectivity index (χ2v) is 5.45. The van der Waals surface area contributed by atoms with Gasteiger partial charge >= 0.3 is 0 Å². The van der Waals surface area contributed by atoms with Crippen molar-refractivity contribution in [3.05, 3.63) is 77.4 Å². The van der Waals surface area contributed by atoms with Gasteiger partial charge in [0.05, 0.1) is 11.9 Å². The Hall–Kier alpha value is -3.08. The Morgan fingerprint density at radius 3 is 2.50 bits per heavy atom. The molecule has 0 unspecified atom stereocenters. The Kier molecular flexibility index (Phi) is 4.61. The van der Waals surface area contributed by atoms with Crippen LogP contribution < -0.4 is 5.43 Å². The number of aryl methyl sites for hydroxylation is 2. The SMILES string of the molecule is Cc1ccc(/C=N/Nc2cc(-c3ccccc3F)nc(C)n2)cc1. The Labute approximate surface area is 140 Å². The lowest BCUT2D eigenvalue weighted by Gasteiger charge is -2.06. The molecular formula is C19H17FN4. The van der Waals surface area contributed by atoms with Crippen LogP contribution in [0.5, 0.6) is 0 Å². The highest BCUT2D eigenvalue weighted by molar-refractivity contribution is 5.80. The zero-order valence-corrected chi connectivity index (χ0v) is 13.5. The second-order valence-electron chi connectivity index (χ2n) is 5.45. The molecule has 5 heteroatoms. The third kappa shape index (κ3) is 3.81. The molecule has 120 valence electrons. The number of nitrogens with zero attached hydrogens (tertiary/aromatic N) is 3. The molecule has 0 spiro atoms. The minimum Gasteiger partial charge on any atom is -0.261 e. The standard InChI is InChI=1S/C19H17FN4/c1-13-7-9-15(10-8-13)12-21-24-19-11-18(22-14(2)23-19)16-5-3-4-6-17(16)20/h3-12H,1-2H3,(H,22,23,24)/b21-12+. The molecule has 1 aromatic heterocycles. The highest BCUT2D eigenvalue weighted by Crippen LogP contribution is 2.22. The van der Waals surface area contributed by atoms with Crippen LogP contribution in [0.2, 0.25) is 0 Å². The van der Waals surface area contributed by atoms with Crippen LogP contribution in [-0.4, -0.2) is 16.2 Å². The first-order valence-electron chi connectivity index (χ1n) is 7.58.